The molecule has 4 aromatic rings. The molecule has 0 fully saturated rings. The summed E-state index contributed by atoms with van der Waals surface area (Å²) >= 11 is -11.2. The van der Waals surface area contributed by atoms with E-state index in [4.69, 9.17) is 31.4 Å². The number of hydrogen-bond donors (Lipinski definition) is 0. The van der Waals surface area contributed by atoms with Crippen LogP contribution in [0.2, 0.25) is 0 Å². The molecule has 189 valence electrons. The predicted octanol–water partition coefficient (Wildman–Crippen LogP) is 1.19. The molecular formula is C20H16CuMn2N4O8. The molecule has 0 aliphatic heterocycles. The van der Waals surface area contributed by atoms with Gasteiger partial charge in [0, 0.05) is 24.8 Å². The molecule has 0 unspecified atom stereocenters. The number of hydrogen-bond acceptors (Lipinski definition) is 12. The standard InChI is InChI=1S/2C10H8N2.Cu.2Mn.8O/c2*1-3-7-11-9(5-1)10-6-2-4-8-12-10;;;;;;;;;;;/h2*1-8H;;;;;;;;;;;/q;;+2;;;;;;;;;2*-1. The van der Waals surface area contributed by atoms with E-state index in [2.05, 4.69) is 19.9 Å². The maximum absolute atomic E-state index is 8.58. The number of aromatic nitrogens is 4. The van der Waals surface area contributed by atoms with Gasteiger partial charge in [0.25, 0.3) is 0 Å². The van der Waals surface area contributed by atoms with Gasteiger partial charge in [-0.3, -0.25) is 19.9 Å². The molecule has 0 N–H and O–H groups in total. The Labute approximate surface area is 214 Å². The summed E-state index contributed by atoms with van der Waals surface area (Å²) in [5, 5.41) is 0. The molecule has 0 spiro atoms. The van der Waals surface area contributed by atoms with Crippen molar-refractivity contribution in [2.45, 2.75) is 0 Å². The molecule has 0 amide bonds. The average Bonchev–Trinajstić information content (AvgIpc) is 2.80. The van der Waals surface area contributed by atoms with Crippen LogP contribution in [0.3, 0.4) is 0 Å². The van der Waals surface area contributed by atoms with Gasteiger partial charge in [0.05, 0.1) is 22.8 Å². The third-order valence-electron chi connectivity index (χ3n) is 3.18. The van der Waals surface area contributed by atoms with Crippen molar-refractivity contribution >= 4 is 0 Å². The van der Waals surface area contributed by atoms with E-state index in [0.717, 1.165) is 22.8 Å². The minimum atomic E-state index is -5.62. The van der Waals surface area contributed by atoms with Crippen LogP contribution < -0.4 is 8.38 Å². The van der Waals surface area contributed by atoms with Crippen LogP contribution in [0, 0.1) is 0 Å². The second-order valence-corrected chi connectivity index (χ2v) is 7.98. The summed E-state index contributed by atoms with van der Waals surface area (Å²) < 4.78 is 68.6. The summed E-state index contributed by atoms with van der Waals surface area (Å²) in [6, 6.07) is 23.2. The fourth-order valence-electron chi connectivity index (χ4n) is 2.06. The van der Waals surface area contributed by atoms with Crippen molar-refractivity contribution in [2.75, 3.05) is 0 Å². The quantitative estimate of drug-likeness (QED) is 0.293. The summed E-state index contributed by atoms with van der Waals surface area (Å²) in [6.45, 7) is 0. The van der Waals surface area contributed by atoms with Crippen LogP contribution in [0.25, 0.3) is 22.8 Å². The van der Waals surface area contributed by atoms with Gasteiger partial charge in [-0.2, -0.15) is 0 Å². The van der Waals surface area contributed by atoms with Crippen molar-refractivity contribution in [3.8, 4) is 22.8 Å². The van der Waals surface area contributed by atoms with Gasteiger partial charge >= 0.3 is 74.4 Å². The minimum absolute atomic E-state index is 0. The average molecular weight is 614 g/mol. The Bertz CT molecular complexity index is 1230. The molecule has 1 radical (unpaired) electrons. The van der Waals surface area contributed by atoms with E-state index < -0.39 is 25.9 Å². The van der Waals surface area contributed by atoms with E-state index in [0.29, 0.717) is 0 Å². The molecule has 12 nitrogen and oxygen atoms in total. The van der Waals surface area contributed by atoms with E-state index in [1.165, 1.54) is 0 Å². The molecule has 15 heteroatoms. The van der Waals surface area contributed by atoms with Crippen molar-refractivity contribution < 1.29 is 74.4 Å². The molecule has 0 aliphatic carbocycles. The maximum Gasteiger partial charge on any atom is 0.0886 e. The maximum atomic E-state index is 8.58. The van der Waals surface area contributed by atoms with Crippen molar-refractivity contribution in [1.29, 1.82) is 0 Å². The third-order valence-corrected chi connectivity index (χ3v) is 3.18. The molecule has 35 heavy (non-hydrogen) atoms. The molecule has 0 aliphatic rings. The van der Waals surface area contributed by atoms with Crippen LogP contribution in [0.15, 0.2) is 97.6 Å². The number of nitrogens with zero attached hydrogens (tertiary/aromatic N) is 4. The van der Waals surface area contributed by atoms with Crippen LogP contribution in [-0.4, -0.2) is 19.9 Å². The van der Waals surface area contributed by atoms with Crippen LogP contribution >= 0.6 is 0 Å². The second-order valence-electron chi connectivity index (χ2n) is 5.62. The molecule has 4 heterocycles. The molecular weight excluding hydrogens is 598 g/mol. The van der Waals surface area contributed by atoms with Crippen molar-refractivity contribution in [3.05, 3.63) is 97.6 Å². The van der Waals surface area contributed by atoms with Crippen LogP contribution in [0.1, 0.15) is 0 Å². The predicted molar refractivity (Wildman–Crippen MR) is 99.1 cm³/mol. The number of rotatable bonds is 2. The Morgan fingerprint density at radius 3 is 0.714 bits per heavy atom. The molecule has 0 atom stereocenters. The van der Waals surface area contributed by atoms with Crippen molar-refractivity contribution in [3.63, 3.8) is 0 Å². The summed E-state index contributed by atoms with van der Waals surface area (Å²) in [7, 11) is 0. The van der Waals surface area contributed by atoms with Gasteiger partial charge in [-0.05, 0) is 48.5 Å². The van der Waals surface area contributed by atoms with E-state index in [9.17, 15) is 0 Å². The normalized spacial score (nSPS) is 9.89. The van der Waals surface area contributed by atoms with Gasteiger partial charge in [0.2, 0.25) is 0 Å². The molecule has 0 saturated carbocycles. The van der Waals surface area contributed by atoms with Gasteiger partial charge in [-0.15, -0.1) is 0 Å². The minimum Gasteiger partial charge on any atom is -0.255 e. The fourth-order valence-corrected chi connectivity index (χ4v) is 2.06. The smallest absolute Gasteiger partial charge is 0.0886 e. The zero-order chi connectivity index (χ0) is 25.5. The Morgan fingerprint density at radius 2 is 0.600 bits per heavy atom. The fraction of sp³-hybridized carbons (Fsp3) is 0. The zero-order valence-corrected chi connectivity index (χ0v) is 20.7. The first kappa shape index (κ1) is 31.9. The van der Waals surface area contributed by atoms with Gasteiger partial charge in [-0.25, -0.2) is 0 Å². The summed E-state index contributed by atoms with van der Waals surface area (Å²) in [5.74, 6) is 0. The summed E-state index contributed by atoms with van der Waals surface area (Å²) in [6.07, 6.45) is 7.07. The largest absolute Gasteiger partial charge is 0.255 e. The van der Waals surface area contributed by atoms with Gasteiger partial charge in [-0.1, -0.05) is 24.3 Å². The zero-order valence-electron chi connectivity index (χ0n) is 17.3. The Kier molecular flexibility index (Phi) is 15.0. The van der Waals surface area contributed by atoms with Gasteiger partial charge in [0.15, 0.2) is 0 Å². The first-order valence-electron chi connectivity index (χ1n) is 8.82. The van der Waals surface area contributed by atoms with Crippen LogP contribution in [0.5, 0.6) is 0 Å². The molecule has 4 rings (SSSR count). The van der Waals surface area contributed by atoms with Crippen LogP contribution in [-0.2, 0) is 66.0 Å². The summed E-state index contributed by atoms with van der Waals surface area (Å²) in [5.41, 5.74) is 3.66. The molecule has 0 saturated heterocycles. The SMILES string of the molecule is [Cu+2].[O]=[Mn](=[O])(=[O])[O-].[O]=[Mn](=[O])(=[O])[O-].c1ccc(-c2ccccn2)nc1.c1ccc(-c2ccccn2)nc1. The Morgan fingerprint density at radius 1 is 0.429 bits per heavy atom. The van der Waals surface area contributed by atoms with Crippen molar-refractivity contribution in [2.24, 2.45) is 0 Å². The van der Waals surface area contributed by atoms with E-state index in [-0.39, 0.29) is 17.1 Å². The Hall–Kier alpha value is -3.12. The first-order valence-corrected chi connectivity index (χ1v) is 12.7. The second kappa shape index (κ2) is 16.5. The molecule has 0 bridgehead atoms. The van der Waals surface area contributed by atoms with Gasteiger partial charge in [0.1, 0.15) is 0 Å². The Balaban J connectivity index is 0.000000475. The van der Waals surface area contributed by atoms with Crippen molar-refractivity contribution in [1.82, 2.24) is 19.9 Å². The monoisotopic (exact) mass is 613 g/mol. The van der Waals surface area contributed by atoms with Gasteiger partial charge < -0.3 is 0 Å². The number of pyridine rings is 4. The van der Waals surface area contributed by atoms with Crippen LogP contribution in [0.4, 0.5) is 0 Å². The third kappa shape index (κ3) is 18.9. The van der Waals surface area contributed by atoms with E-state index in [1.807, 2.05) is 72.8 Å². The molecule has 0 aromatic carbocycles. The summed E-state index contributed by atoms with van der Waals surface area (Å²) in [4.78, 5) is 16.7. The van der Waals surface area contributed by atoms with E-state index >= 15 is 0 Å². The van der Waals surface area contributed by atoms with E-state index in [1.54, 1.807) is 24.8 Å². The first-order chi connectivity index (χ1) is 15.9. The molecule has 4 aromatic heterocycles. The topological polar surface area (TPSA) is 200 Å².